The van der Waals surface area contributed by atoms with Crippen molar-refractivity contribution >= 4 is 17.6 Å². The van der Waals surface area contributed by atoms with E-state index in [2.05, 4.69) is 22.9 Å². The number of aryl methyl sites for hydroxylation is 1. The number of hydrogen-bond donors (Lipinski definition) is 3. The Kier molecular flexibility index (Phi) is 4.65. The number of rotatable bonds is 4. The normalized spacial score (nSPS) is 17.8. The lowest BCUT2D eigenvalue weighted by Gasteiger charge is -2.28. The zero-order valence-electron chi connectivity index (χ0n) is 15.7. The van der Waals surface area contributed by atoms with Crippen molar-refractivity contribution in [3.63, 3.8) is 0 Å². The highest BCUT2D eigenvalue weighted by molar-refractivity contribution is 6.06. The van der Waals surface area contributed by atoms with Gasteiger partial charge in [-0.15, -0.1) is 0 Å². The summed E-state index contributed by atoms with van der Waals surface area (Å²) in [6.45, 7) is 3.95. The van der Waals surface area contributed by atoms with E-state index in [1.54, 1.807) is 19.1 Å². The SMILES string of the molecule is CCc1ccc(NC(=O)C2=C(C)NC(=O)N[C@H]2c2ccc3c(c2)OCO3)cc1. The van der Waals surface area contributed by atoms with Gasteiger partial charge in [-0.05, 0) is 48.7 Å². The summed E-state index contributed by atoms with van der Waals surface area (Å²) in [5, 5.41) is 8.42. The summed E-state index contributed by atoms with van der Waals surface area (Å²) in [6.07, 6.45) is 0.931. The minimum Gasteiger partial charge on any atom is -0.454 e. The van der Waals surface area contributed by atoms with E-state index in [9.17, 15) is 9.59 Å². The predicted molar refractivity (Wildman–Crippen MR) is 104 cm³/mol. The lowest BCUT2D eigenvalue weighted by molar-refractivity contribution is -0.113. The van der Waals surface area contributed by atoms with Crippen molar-refractivity contribution in [3.05, 3.63) is 64.9 Å². The van der Waals surface area contributed by atoms with Crippen LogP contribution in [0.2, 0.25) is 0 Å². The molecular formula is C21H21N3O4. The number of carbonyl (C=O) groups excluding carboxylic acids is 2. The van der Waals surface area contributed by atoms with Crippen LogP contribution < -0.4 is 25.4 Å². The fraction of sp³-hybridized carbons (Fsp3) is 0.238. The molecule has 0 bridgehead atoms. The van der Waals surface area contributed by atoms with Crippen molar-refractivity contribution in [1.29, 1.82) is 0 Å². The minimum absolute atomic E-state index is 0.160. The largest absolute Gasteiger partial charge is 0.454 e. The molecular weight excluding hydrogens is 358 g/mol. The van der Waals surface area contributed by atoms with Crippen LogP contribution in [0, 0.1) is 0 Å². The first-order valence-electron chi connectivity index (χ1n) is 9.13. The highest BCUT2D eigenvalue weighted by Crippen LogP contribution is 2.37. The summed E-state index contributed by atoms with van der Waals surface area (Å²) < 4.78 is 10.8. The van der Waals surface area contributed by atoms with E-state index < -0.39 is 6.04 Å². The van der Waals surface area contributed by atoms with Crippen LogP contribution in [0.15, 0.2) is 53.7 Å². The average Bonchev–Trinajstić information content (AvgIpc) is 3.15. The van der Waals surface area contributed by atoms with Gasteiger partial charge in [-0.1, -0.05) is 25.1 Å². The molecule has 0 fully saturated rings. The monoisotopic (exact) mass is 379 g/mol. The van der Waals surface area contributed by atoms with E-state index >= 15 is 0 Å². The second kappa shape index (κ2) is 7.26. The van der Waals surface area contributed by atoms with Gasteiger partial charge < -0.3 is 25.4 Å². The van der Waals surface area contributed by atoms with Gasteiger partial charge in [0.1, 0.15) is 0 Å². The third-order valence-electron chi connectivity index (χ3n) is 4.86. The van der Waals surface area contributed by atoms with Crippen LogP contribution in [0.1, 0.15) is 31.0 Å². The predicted octanol–water partition coefficient (Wildman–Crippen LogP) is 3.24. The first kappa shape index (κ1) is 17.9. The van der Waals surface area contributed by atoms with Crippen LogP contribution in [-0.2, 0) is 11.2 Å². The molecule has 4 rings (SSSR count). The van der Waals surface area contributed by atoms with Crippen LogP contribution >= 0.6 is 0 Å². The van der Waals surface area contributed by atoms with Gasteiger partial charge in [-0.2, -0.15) is 0 Å². The Morgan fingerprint density at radius 1 is 1.14 bits per heavy atom. The number of benzene rings is 2. The number of carbonyl (C=O) groups is 2. The van der Waals surface area contributed by atoms with Crippen molar-refractivity contribution < 1.29 is 19.1 Å². The third-order valence-corrected chi connectivity index (χ3v) is 4.86. The number of amides is 3. The Labute approximate surface area is 162 Å². The molecule has 144 valence electrons. The smallest absolute Gasteiger partial charge is 0.319 e. The summed E-state index contributed by atoms with van der Waals surface area (Å²) in [6, 6.07) is 12.1. The van der Waals surface area contributed by atoms with Crippen LogP contribution in [0.3, 0.4) is 0 Å². The Balaban J connectivity index is 1.64. The Hall–Kier alpha value is -3.48. The van der Waals surface area contributed by atoms with Crippen LogP contribution in [-0.4, -0.2) is 18.7 Å². The summed E-state index contributed by atoms with van der Waals surface area (Å²) >= 11 is 0. The average molecular weight is 379 g/mol. The Morgan fingerprint density at radius 2 is 1.89 bits per heavy atom. The Bertz CT molecular complexity index is 966. The van der Waals surface area contributed by atoms with E-state index in [-0.39, 0.29) is 18.7 Å². The van der Waals surface area contributed by atoms with Gasteiger partial charge >= 0.3 is 6.03 Å². The van der Waals surface area contributed by atoms with Crippen molar-refractivity contribution in [3.8, 4) is 11.5 Å². The number of allylic oxidation sites excluding steroid dienone is 1. The van der Waals surface area contributed by atoms with Crippen molar-refractivity contribution in [2.24, 2.45) is 0 Å². The van der Waals surface area contributed by atoms with Gasteiger partial charge in [0.2, 0.25) is 6.79 Å². The first-order chi connectivity index (χ1) is 13.5. The second-order valence-corrected chi connectivity index (χ2v) is 6.69. The molecule has 7 heteroatoms. The highest BCUT2D eigenvalue weighted by Gasteiger charge is 2.32. The number of anilines is 1. The molecule has 1 atom stereocenters. The molecule has 0 spiro atoms. The maximum Gasteiger partial charge on any atom is 0.319 e. The van der Waals surface area contributed by atoms with Gasteiger partial charge in [0.15, 0.2) is 11.5 Å². The number of nitrogens with one attached hydrogen (secondary N) is 3. The maximum absolute atomic E-state index is 13.0. The number of hydrogen-bond acceptors (Lipinski definition) is 4. The summed E-state index contributed by atoms with van der Waals surface area (Å²) in [7, 11) is 0. The second-order valence-electron chi connectivity index (χ2n) is 6.69. The van der Waals surface area contributed by atoms with E-state index in [1.807, 2.05) is 30.3 Å². The summed E-state index contributed by atoms with van der Waals surface area (Å²) in [5.74, 6) is 0.960. The highest BCUT2D eigenvalue weighted by atomic mass is 16.7. The molecule has 2 aromatic carbocycles. The molecule has 2 aromatic rings. The third kappa shape index (κ3) is 3.38. The molecule has 3 amide bonds. The van der Waals surface area contributed by atoms with Crippen molar-refractivity contribution in [1.82, 2.24) is 10.6 Å². The molecule has 0 aromatic heterocycles. The lowest BCUT2D eigenvalue weighted by Crippen LogP contribution is -2.45. The molecule has 0 aliphatic carbocycles. The molecule has 0 radical (unpaired) electrons. The molecule has 7 nitrogen and oxygen atoms in total. The molecule has 28 heavy (non-hydrogen) atoms. The van der Waals surface area contributed by atoms with E-state index in [0.29, 0.717) is 28.5 Å². The Morgan fingerprint density at radius 3 is 2.64 bits per heavy atom. The summed E-state index contributed by atoms with van der Waals surface area (Å²) in [4.78, 5) is 25.1. The summed E-state index contributed by atoms with van der Waals surface area (Å²) in [5.41, 5.74) is 3.58. The van der Waals surface area contributed by atoms with Gasteiger partial charge in [-0.3, -0.25) is 4.79 Å². The molecule has 0 saturated heterocycles. The van der Waals surface area contributed by atoms with Gasteiger partial charge in [-0.25, -0.2) is 4.79 Å². The van der Waals surface area contributed by atoms with Crippen molar-refractivity contribution in [2.45, 2.75) is 26.3 Å². The molecule has 2 aliphatic heterocycles. The minimum atomic E-state index is -0.599. The molecule has 2 aliphatic rings. The van der Waals surface area contributed by atoms with Crippen molar-refractivity contribution in [2.75, 3.05) is 12.1 Å². The molecule has 0 unspecified atom stereocenters. The van der Waals surface area contributed by atoms with E-state index in [4.69, 9.17) is 9.47 Å². The quantitative estimate of drug-likeness (QED) is 0.761. The van der Waals surface area contributed by atoms with Crippen LogP contribution in [0.4, 0.5) is 10.5 Å². The van der Waals surface area contributed by atoms with Gasteiger partial charge in [0.05, 0.1) is 11.6 Å². The zero-order valence-corrected chi connectivity index (χ0v) is 15.7. The lowest BCUT2D eigenvalue weighted by atomic mass is 9.94. The van der Waals surface area contributed by atoms with Gasteiger partial charge in [0, 0.05) is 11.4 Å². The first-order valence-corrected chi connectivity index (χ1v) is 9.13. The topological polar surface area (TPSA) is 88.7 Å². The molecule has 2 heterocycles. The maximum atomic E-state index is 13.0. The fourth-order valence-corrected chi connectivity index (χ4v) is 3.36. The molecule has 3 N–H and O–H groups in total. The van der Waals surface area contributed by atoms with E-state index in [1.165, 1.54) is 5.56 Å². The molecule has 0 saturated carbocycles. The van der Waals surface area contributed by atoms with Crippen LogP contribution in [0.25, 0.3) is 0 Å². The number of urea groups is 1. The van der Waals surface area contributed by atoms with Crippen LogP contribution in [0.5, 0.6) is 11.5 Å². The number of fused-ring (bicyclic) bond motifs is 1. The fourth-order valence-electron chi connectivity index (χ4n) is 3.36. The zero-order chi connectivity index (χ0) is 19.7. The number of ether oxygens (including phenoxy) is 2. The standard InChI is InChI=1S/C21H21N3O4/c1-3-13-4-7-15(8-5-13)23-20(25)18-12(2)22-21(26)24-19(18)14-6-9-16-17(10-14)28-11-27-16/h4-10,19H,3,11H2,1-2H3,(H,23,25)(H2,22,24,26)/t19-/m0/s1. The van der Waals surface area contributed by atoms with Gasteiger partial charge in [0.25, 0.3) is 5.91 Å². The van der Waals surface area contributed by atoms with E-state index in [0.717, 1.165) is 12.0 Å².